The average Bonchev–Trinajstić information content (AvgIpc) is 2.74. The van der Waals surface area contributed by atoms with E-state index in [1.807, 2.05) is 12.1 Å². The van der Waals surface area contributed by atoms with Crippen molar-refractivity contribution in [2.24, 2.45) is 0 Å². The molecule has 6 nitrogen and oxygen atoms in total. The zero-order chi connectivity index (χ0) is 10.7. The van der Waals surface area contributed by atoms with Gasteiger partial charge in [-0.25, -0.2) is 0 Å². The maximum atomic E-state index is 11.5. The summed E-state index contributed by atoms with van der Waals surface area (Å²) in [5, 5.41) is 15.3. The number of tetrazole rings is 1. The van der Waals surface area contributed by atoms with E-state index in [-0.39, 0.29) is 5.82 Å². The predicted octanol–water partition coefficient (Wildman–Crippen LogP) is 1.21. The molecule has 7 heteroatoms. The molecule has 0 saturated carbocycles. The normalized spacial score (nSPS) is 9.93. The highest BCUT2D eigenvalue weighted by Crippen LogP contribution is 2.14. The molecule has 0 fully saturated rings. The van der Waals surface area contributed by atoms with E-state index in [0.29, 0.717) is 5.69 Å². The summed E-state index contributed by atoms with van der Waals surface area (Å²) in [6, 6.07) is 7.18. The summed E-state index contributed by atoms with van der Waals surface area (Å²) in [6.45, 7) is 0. The van der Waals surface area contributed by atoms with Gasteiger partial charge in [0.1, 0.15) is 0 Å². The van der Waals surface area contributed by atoms with E-state index in [2.05, 4.69) is 41.9 Å². The molecule has 0 radical (unpaired) electrons. The largest absolute Gasteiger partial charge is 0.319 e. The second-order valence-electron chi connectivity index (χ2n) is 2.70. The number of anilines is 1. The van der Waals surface area contributed by atoms with Crippen LogP contribution >= 0.6 is 15.9 Å². The zero-order valence-corrected chi connectivity index (χ0v) is 9.02. The van der Waals surface area contributed by atoms with Crippen LogP contribution in [-0.2, 0) is 0 Å². The lowest BCUT2D eigenvalue weighted by atomic mass is 10.3. The van der Waals surface area contributed by atoms with Crippen LogP contribution in [0.3, 0.4) is 0 Å². The fourth-order valence-corrected chi connectivity index (χ4v) is 1.24. The smallest absolute Gasteiger partial charge is 0.297 e. The number of carbonyl (C=O) groups excluding carboxylic acids is 1. The Morgan fingerprint density at radius 3 is 2.67 bits per heavy atom. The topological polar surface area (TPSA) is 83.6 Å². The van der Waals surface area contributed by atoms with Gasteiger partial charge in [-0.05, 0) is 29.5 Å². The van der Waals surface area contributed by atoms with E-state index < -0.39 is 5.91 Å². The second-order valence-corrected chi connectivity index (χ2v) is 3.61. The molecule has 1 aromatic heterocycles. The summed E-state index contributed by atoms with van der Waals surface area (Å²) in [6.07, 6.45) is 0. The number of nitrogens with zero attached hydrogens (tertiary/aromatic N) is 3. The van der Waals surface area contributed by atoms with Gasteiger partial charge in [0.15, 0.2) is 0 Å². The van der Waals surface area contributed by atoms with Gasteiger partial charge in [0.2, 0.25) is 0 Å². The first-order chi connectivity index (χ1) is 7.25. The third-order valence-corrected chi connectivity index (χ3v) is 2.18. The van der Waals surface area contributed by atoms with Crippen molar-refractivity contribution in [3.8, 4) is 0 Å². The van der Waals surface area contributed by atoms with E-state index >= 15 is 0 Å². The Morgan fingerprint density at radius 1 is 1.33 bits per heavy atom. The van der Waals surface area contributed by atoms with Gasteiger partial charge in [0.25, 0.3) is 11.7 Å². The number of aromatic nitrogens is 4. The van der Waals surface area contributed by atoms with Crippen molar-refractivity contribution in [3.05, 3.63) is 34.6 Å². The van der Waals surface area contributed by atoms with Crippen LogP contribution in [0.2, 0.25) is 0 Å². The van der Waals surface area contributed by atoms with E-state index in [0.717, 1.165) is 4.47 Å². The summed E-state index contributed by atoms with van der Waals surface area (Å²) in [5.74, 6) is -0.385. The van der Waals surface area contributed by atoms with Crippen LogP contribution in [0.1, 0.15) is 10.6 Å². The van der Waals surface area contributed by atoms with Crippen molar-refractivity contribution < 1.29 is 4.79 Å². The summed E-state index contributed by atoms with van der Waals surface area (Å²) in [7, 11) is 0. The van der Waals surface area contributed by atoms with Crippen LogP contribution in [0.25, 0.3) is 0 Å². The van der Waals surface area contributed by atoms with Crippen molar-refractivity contribution in [1.29, 1.82) is 0 Å². The van der Waals surface area contributed by atoms with Gasteiger partial charge in [-0.1, -0.05) is 15.9 Å². The Kier molecular flexibility index (Phi) is 2.72. The van der Waals surface area contributed by atoms with Crippen molar-refractivity contribution in [1.82, 2.24) is 20.6 Å². The molecule has 2 aromatic rings. The predicted molar refractivity (Wildman–Crippen MR) is 56.3 cm³/mol. The number of rotatable bonds is 2. The van der Waals surface area contributed by atoms with Gasteiger partial charge >= 0.3 is 0 Å². The maximum absolute atomic E-state index is 11.5. The number of nitrogens with one attached hydrogen (secondary N) is 2. The molecule has 76 valence electrons. The summed E-state index contributed by atoms with van der Waals surface area (Å²) >= 11 is 3.30. The maximum Gasteiger partial charge on any atom is 0.297 e. The Balaban J connectivity index is 2.09. The van der Waals surface area contributed by atoms with Crippen molar-refractivity contribution >= 4 is 27.5 Å². The molecule has 2 rings (SSSR count). The zero-order valence-electron chi connectivity index (χ0n) is 7.44. The molecule has 0 spiro atoms. The van der Waals surface area contributed by atoms with Crippen LogP contribution in [0.5, 0.6) is 0 Å². The fourth-order valence-electron chi connectivity index (χ4n) is 0.978. The standard InChI is InChI=1S/C8H6BrN5O/c9-5-1-3-6(4-2-5)10-8(15)7-11-13-14-12-7/h1-4H,(H,10,15)(H,11,12,13,14). The SMILES string of the molecule is O=C(Nc1ccc(Br)cc1)c1nn[nH]n1. The van der Waals surface area contributed by atoms with Crippen LogP contribution in [0.4, 0.5) is 5.69 Å². The number of hydrogen-bond donors (Lipinski definition) is 2. The van der Waals surface area contributed by atoms with Crippen LogP contribution < -0.4 is 5.32 Å². The van der Waals surface area contributed by atoms with Crippen LogP contribution in [-0.4, -0.2) is 26.5 Å². The van der Waals surface area contributed by atoms with Gasteiger partial charge in [0.05, 0.1) is 0 Å². The van der Waals surface area contributed by atoms with Crippen molar-refractivity contribution in [2.75, 3.05) is 5.32 Å². The number of halogens is 1. The Labute approximate surface area is 93.2 Å². The third kappa shape index (κ3) is 2.38. The minimum Gasteiger partial charge on any atom is -0.319 e. The molecule has 2 N–H and O–H groups in total. The first-order valence-corrected chi connectivity index (χ1v) is 4.85. The second kappa shape index (κ2) is 4.18. The average molecular weight is 268 g/mol. The molecule has 15 heavy (non-hydrogen) atoms. The Hall–Kier alpha value is -1.76. The highest BCUT2D eigenvalue weighted by atomic mass is 79.9. The molecule has 0 aliphatic heterocycles. The third-order valence-electron chi connectivity index (χ3n) is 1.65. The molecular formula is C8H6BrN5O. The number of H-pyrrole nitrogens is 1. The lowest BCUT2D eigenvalue weighted by Crippen LogP contribution is -2.13. The Morgan fingerprint density at radius 2 is 2.07 bits per heavy atom. The van der Waals surface area contributed by atoms with Gasteiger partial charge in [-0.15, -0.1) is 10.2 Å². The van der Waals surface area contributed by atoms with Gasteiger partial charge in [-0.2, -0.15) is 5.21 Å². The minimum atomic E-state index is -0.397. The van der Waals surface area contributed by atoms with Gasteiger partial charge in [-0.3, -0.25) is 4.79 Å². The summed E-state index contributed by atoms with van der Waals surface area (Å²) < 4.78 is 0.945. The molecule has 1 amide bonds. The molecule has 1 heterocycles. The van der Waals surface area contributed by atoms with Gasteiger partial charge < -0.3 is 5.32 Å². The monoisotopic (exact) mass is 267 g/mol. The highest BCUT2D eigenvalue weighted by molar-refractivity contribution is 9.10. The van der Waals surface area contributed by atoms with E-state index in [1.54, 1.807) is 12.1 Å². The van der Waals surface area contributed by atoms with Crippen LogP contribution in [0.15, 0.2) is 28.7 Å². The molecule has 1 aromatic carbocycles. The van der Waals surface area contributed by atoms with Crippen molar-refractivity contribution in [3.63, 3.8) is 0 Å². The summed E-state index contributed by atoms with van der Waals surface area (Å²) in [4.78, 5) is 11.5. The number of amides is 1. The minimum absolute atomic E-state index is 0.0120. The van der Waals surface area contributed by atoms with Gasteiger partial charge in [0, 0.05) is 10.2 Å². The molecule has 0 saturated heterocycles. The first-order valence-electron chi connectivity index (χ1n) is 4.06. The van der Waals surface area contributed by atoms with Crippen molar-refractivity contribution in [2.45, 2.75) is 0 Å². The van der Waals surface area contributed by atoms with Crippen LogP contribution in [0, 0.1) is 0 Å². The Bertz CT molecular complexity index is 452. The molecule has 0 bridgehead atoms. The highest BCUT2D eigenvalue weighted by Gasteiger charge is 2.10. The summed E-state index contributed by atoms with van der Waals surface area (Å²) in [5.41, 5.74) is 0.674. The lowest BCUT2D eigenvalue weighted by Gasteiger charge is -2.01. The quantitative estimate of drug-likeness (QED) is 0.857. The molecule has 0 unspecified atom stereocenters. The van der Waals surface area contributed by atoms with E-state index in [9.17, 15) is 4.79 Å². The number of hydrogen-bond acceptors (Lipinski definition) is 4. The van der Waals surface area contributed by atoms with E-state index in [4.69, 9.17) is 0 Å². The molecule has 0 aliphatic carbocycles. The first kappa shape index (κ1) is 9.78. The lowest BCUT2D eigenvalue weighted by molar-refractivity contribution is 0.101. The number of benzene rings is 1. The fraction of sp³-hybridized carbons (Fsp3) is 0. The molecular weight excluding hydrogens is 262 g/mol. The number of aromatic amines is 1. The molecule has 0 aliphatic rings. The molecule has 0 atom stereocenters. The number of carbonyl (C=O) groups is 1. The van der Waals surface area contributed by atoms with E-state index in [1.165, 1.54) is 0 Å².